The highest BCUT2D eigenvalue weighted by Gasteiger charge is 2.47. The highest BCUT2D eigenvalue weighted by Crippen LogP contribution is 2.33. The molecule has 3 nitrogen and oxygen atoms in total. The minimum absolute atomic E-state index is 0.111. The summed E-state index contributed by atoms with van der Waals surface area (Å²) in [7, 11) is 0. The molecule has 2 rings (SSSR count). The number of amides is 1. The van der Waals surface area contributed by atoms with Gasteiger partial charge in [0.15, 0.2) is 0 Å². The summed E-state index contributed by atoms with van der Waals surface area (Å²) in [4.78, 5) is 11.0. The second kappa shape index (κ2) is 1.48. The minimum atomic E-state index is -0.111. The molecule has 1 spiro atoms. The SMILES string of the molecule is O=C1NCCC12[CH]NC2. The molecule has 1 atom stereocenters. The lowest BCUT2D eigenvalue weighted by molar-refractivity contribution is -0.128. The zero-order valence-electron chi connectivity index (χ0n) is 5.11. The van der Waals surface area contributed by atoms with Crippen LogP contribution in [0.4, 0.5) is 0 Å². The quantitative estimate of drug-likeness (QED) is 0.447. The molecule has 9 heavy (non-hydrogen) atoms. The Balaban J connectivity index is 2.17. The van der Waals surface area contributed by atoms with Crippen LogP contribution in [0.3, 0.4) is 0 Å². The molecule has 0 bridgehead atoms. The van der Waals surface area contributed by atoms with Crippen molar-refractivity contribution in [1.82, 2.24) is 10.6 Å². The van der Waals surface area contributed by atoms with Crippen LogP contribution in [0.15, 0.2) is 0 Å². The highest BCUT2D eigenvalue weighted by molar-refractivity contribution is 5.87. The van der Waals surface area contributed by atoms with Crippen molar-refractivity contribution in [3.05, 3.63) is 6.54 Å². The van der Waals surface area contributed by atoms with Crippen LogP contribution in [0.25, 0.3) is 0 Å². The number of rotatable bonds is 0. The summed E-state index contributed by atoms with van der Waals surface area (Å²) < 4.78 is 0. The van der Waals surface area contributed by atoms with Gasteiger partial charge in [-0.05, 0) is 6.42 Å². The Labute approximate surface area is 53.8 Å². The molecule has 0 aromatic heterocycles. The van der Waals surface area contributed by atoms with Crippen LogP contribution < -0.4 is 10.6 Å². The normalized spacial score (nSPS) is 30.0. The van der Waals surface area contributed by atoms with E-state index < -0.39 is 0 Å². The maximum Gasteiger partial charge on any atom is 0.229 e. The fraction of sp³-hybridized carbons (Fsp3) is 0.667. The third-order valence-corrected chi connectivity index (χ3v) is 2.10. The summed E-state index contributed by atoms with van der Waals surface area (Å²) in [5.41, 5.74) is -0.111. The van der Waals surface area contributed by atoms with E-state index in [1.165, 1.54) is 0 Å². The van der Waals surface area contributed by atoms with Crippen molar-refractivity contribution in [3.8, 4) is 0 Å². The highest BCUT2D eigenvalue weighted by atomic mass is 16.2. The Morgan fingerprint density at radius 1 is 1.67 bits per heavy atom. The van der Waals surface area contributed by atoms with Gasteiger partial charge >= 0.3 is 0 Å². The van der Waals surface area contributed by atoms with Gasteiger partial charge in [-0.2, -0.15) is 0 Å². The van der Waals surface area contributed by atoms with E-state index in [0.717, 1.165) is 19.5 Å². The lowest BCUT2D eigenvalue weighted by atomic mass is 9.80. The predicted octanol–water partition coefficient (Wildman–Crippen LogP) is -0.742. The van der Waals surface area contributed by atoms with Gasteiger partial charge in [0.1, 0.15) is 0 Å². The van der Waals surface area contributed by atoms with E-state index in [1.807, 2.05) is 6.54 Å². The van der Waals surface area contributed by atoms with Gasteiger partial charge in [-0.15, -0.1) is 0 Å². The van der Waals surface area contributed by atoms with Crippen LogP contribution in [0.2, 0.25) is 0 Å². The van der Waals surface area contributed by atoms with Crippen LogP contribution >= 0.6 is 0 Å². The van der Waals surface area contributed by atoms with Gasteiger partial charge in [0, 0.05) is 19.6 Å². The zero-order chi connectivity index (χ0) is 6.32. The van der Waals surface area contributed by atoms with E-state index in [0.29, 0.717) is 0 Å². The number of hydrogen-bond donors (Lipinski definition) is 2. The van der Waals surface area contributed by atoms with E-state index in [4.69, 9.17) is 0 Å². The van der Waals surface area contributed by atoms with E-state index >= 15 is 0 Å². The second-order valence-corrected chi connectivity index (χ2v) is 2.69. The predicted molar refractivity (Wildman–Crippen MR) is 32.4 cm³/mol. The smallest absolute Gasteiger partial charge is 0.229 e. The molecule has 2 N–H and O–H groups in total. The molecule has 1 amide bonds. The van der Waals surface area contributed by atoms with Gasteiger partial charge < -0.3 is 10.6 Å². The molecule has 2 aliphatic rings. The van der Waals surface area contributed by atoms with Gasteiger partial charge in [0.05, 0.1) is 5.41 Å². The monoisotopic (exact) mass is 125 g/mol. The number of carbonyl (C=O) groups excluding carboxylic acids is 1. The van der Waals surface area contributed by atoms with Gasteiger partial charge in [-0.1, -0.05) is 0 Å². The number of carbonyl (C=O) groups is 1. The van der Waals surface area contributed by atoms with Crippen molar-refractivity contribution >= 4 is 5.91 Å². The van der Waals surface area contributed by atoms with Crippen molar-refractivity contribution in [2.75, 3.05) is 13.1 Å². The molecule has 0 aliphatic carbocycles. The molecule has 2 saturated heterocycles. The van der Waals surface area contributed by atoms with Crippen molar-refractivity contribution in [3.63, 3.8) is 0 Å². The molecule has 1 radical (unpaired) electrons. The molecule has 0 aromatic carbocycles. The Kier molecular flexibility index (Phi) is 0.858. The molecular formula is C6H9N2O. The summed E-state index contributed by atoms with van der Waals surface area (Å²) in [6, 6.07) is 0. The van der Waals surface area contributed by atoms with Gasteiger partial charge in [0.2, 0.25) is 5.91 Å². The van der Waals surface area contributed by atoms with E-state index in [9.17, 15) is 4.79 Å². The van der Waals surface area contributed by atoms with Crippen LogP contribution in [-0.4, -0.2) is 19.0 Å². The fourth-order valence-corrected chi connectivity index (χ4v) is 1.34. The molecule has 49 valence electrons. The lowest BCUT2D eigenvalue weighted by Gasteiger charge is -2.35. The van der Waals surface area contributed by atoms with Crippen molar-refractivity contribution < 1.29 is 4.79 Å². The lowest BCUT2D eigenvalue weighted by Crippen LogP contribution is -2.52. The van der Waals surface area contributed by atoms with Crippen LogP contribution in [-0.2, 0) is 4.79 Å². The summed E-state index contributed by atoms with van der Waals surface area (Å²) in [6.45, 7) is 3.57. The Morgan fingerprint density at radius 3 is 2.67 bits per heavy atom. The standard InChI is InChI=1S/C6H9N2O/c9-5-6(1-2-8-5)3-7-4-6/h3,7H,1-2,4H2,(H,8,9). The largest absolute Gasteiger partial charge is 0.355 e. The molecule has 0 saturated carbocycles. The third kappa shape index (κ3) is 0.525. The first-order valence-electron chi connectivity index (χ1n) is 3.20. The van der Waals surface area contributed by atoms with Gasteiger partial charge in [-0.25, -0.2) is 0 Å². The molecule has 2 heterocycles. The second-order valence-electron chi connectivity index (χ2n) is 2.69. The first kappa shape index (κ1) is 5.23. The topological polar surface area (TPSA) is 41.1 Å². The molecule has 0 aromatic rings. The van der Waals surface area contributed by atoms with Crippen molar-refractivity contribution in [2.24, 2.45) is 5.41 Å². The average molecular weight is 125 g/mol. The van der Waals surface area contributed by atoms with Crippen LogP contribution in [0.5, 0.6) is 0 Å². The number of nitrogens with one attached hydrogen (secondary N) is 2. The first-order valence-corrected chi connectivity index (χ1v) is 3.20. The van der Waals surface area contributed by atoms with E-state index in [-0.39, 0.29) is 11.3 Å². The van der Waals surface area contributed by atoms with Crippen LogP contribution in [0, 0.1) is 12.0 Å². The van der Waals surface area contributed by atoms with Gasteiger partial charge in [-0.3, -0.25) is 4.79 Å². The minimum Gasteiger partial charge on any atom is -0.355 e. The maximum absolute atomic E-state index is 11.0. The average Bonchev–Trinajstić information content (AvgIpc) is 2.07. The van der Waals surface area contributed by atoms with Gasteiger partial charge in [0.25, 0.3) is 0 Å². The summed E-state index contributed by atoms with van der Waals surface area (Å²) in [5.74, 6) is 0.196. The Morgan fingerprint density at radius 2 is 2.44 bits per heavy atom. The van der Waals surface area contributed by atoms with Crippen LogP contribution in [0.1, 0.15) is 6.42 Å². The maximum atomic E-state index is 11.0. The third-order valence-electron chi connectivity index (χ3n) is 2.10. The molecule has 2 aliphatic heterocycles. The molecular weight excluding hydrogens is 116 g/mol. The first-order chi connectivity index (χ1) is 4.33. The Hall–Kier alpha value is -0.570. The fourth-order valence-electron chi connectivity index (χ4n) is 1.34. The summed E-state index contributed by atoms with van der Waals surface area (Å²) >= 11 is 0. The van der Waals surface area contributed by atoms with E-state index in [1.54, 1.807) is 0 Å². The zero-order valence-corrected chi connectivity index (χ0v) is 5.11. The Bertz CT molecular complexity index is 151. The number of hydrogen-bond acceptors (Lipinski definition) is 2. The molecule has 3 heteroatoms. The van der Waals surface area contributed by atoms with Crippen molar-refractivity contribution in [1.29, 1.82) is 0 Å². The molecule has 2 fully saturated rings. The molecule has 1 unspecified atom stereocenters. The van der Waals surface area contributed by atoms with E-state index in [2.05, 4.69) is 10.6 Å². The summed E-state index contributed by atoms with van der Waals surface area (Å²) in [5, 5.41) is 5.79. The van der Waals surface area contributed by atoms with Crippen molar-refractivity contribution in [2.45, 2.75) is 6.42 Å². The summed E-state index contributed by atoms with van der Waals surface area (Å²) in [6.07, 6.45) is 0.971.